The minimum absolute atomic E-state index is 0.260. The van der Waals surface area contributed by atoms with Crippen LogP contribution in [0, 0.1) is 0 Å². The molecule has 5 rings (SSSR count). The fourth-order valence-electron chi connectivity index (χ4n) is 4.07. The minimum Gasteiger partial charge on any atom is -0.465 e. The second-order valence-corrected chi connectivity index (χ2v) is 8.04. The van der Waals surface area contributed by atoms with Gasteiger partial charge in [-0.1, -0.05) is 48.5 Å². The lowest BCUT2D eigenvalue weighted by molar-refractivity contribution is 0.0599. The summed E-state index contributed by atoms with van der Waals surface area (Å²) < 4.78 is 7.07. The highest BCUT2D eigenvalue weighted by Gasteiger charge is 2.25. The van der Waals surface area contributed by atoms with Crippen LogP contribution in [0.5, 0.6) is 0 Å². The topological polar surface area (TPSA) is 44.1 Å². The molecule has 1 saturated carbocycles. The number of hydrogen-bond acceptors (Lipinski definition) is 3. The molecule has 1 fully saturated rings. The van der Waals surface area contributed by atoms with E-state index in [1.54, 1.807) is 0 Å². The van der Waals surface area contributed by atoms with Gasteiger partial charge in [-0.3, -0.25) is 4.68 Å². The Morgan fingerprint density at radius 2 is 1.87 bits per heavy atom. The predicted molar refractivity (Wildman–Crippen MR) is 118 cm³/mol. The molecule has 4 heteroatoms. The number of benzene rings is 3. The maximum Gasteiger partial charge on any atom is 0.338 e. The molecule has 4 nitrogen and oxygen atoms in total. The smallest absolute Gasteiger partial charge is 0.338 e. The van der Waals surface area contributed by atoms with Crippen LogP contribution in [0.1, 0.15) is 51.4 Å². The van der Waals surface area contributed by atoms with Crippen LogP contribution in [-0.2, 0) is 17.7 Å². The van der Waals surface area contributed by atoms with E-state index in [1.807, 2.05) is 35.1 Å². The van der Waals surface area contributed by atoms with Crippen molar-refractivity contribution in [3.8, 4) is 0 Å². The van der Waals surface area contributed by atoms with E-state index in [2.05, 4.69) is 47.6 Å². The van der Waals surface area contributed by atoms with Crippen molar-refractivity contribution in [2.45, 2.75) is 31.7 Å². The van der Waals surface area contributed by atoms with E-state index in [4.69, 9.17) is 4.74 Å². The maximum absolute atomic E-state index is 12.4. The molecular weight excluding hydrogens is 372 g/mol. The first-order valence-corrected chi connectivity index (χ1v) is 10.4. The Morgan fingerprint density at radius 1 is 1.03 bits per heavy atom. The van der Waals surface area contributed by atoms with Gasteiger partial charge in [0.25, 0.3) is 0 Å². The molecule has 1 aromatic heterocycles. The van der Waals surface area contributed by atoms with E-state index in [1.165, 1.54) is 31.1 Å². The van der Waals surface area contributed by atoms with Gasteiger partial charge in [-0.15, -0.1) is 0 Å². The molecule has 4 aromatic rings. The molecule has 1 aliphatic carbocycles. The van der Waals surface area contributed by atoms with Gasteiger partial charge < -0.3 is 4.74 Å². The molecule has 0 bridgehead atoms. The lowest BCUT2D eigenvalue weighted by Gasteiger charge is -2.11. The van der Waals surface area contributed by atoms with Crippen molar-refractivity contribution in [1.29, 1.82) is 0 Å². The van der Waals surface area contributed by atoms with Crippen molar-refractivity contribution in [2.24, 2.45) is 0 Å². The van der Waals surface area contributed by atoms with E-state index < -0.39 is 0 Å². The number of carbonyl (C=O) groups excluding carboxylic acids is 1. The van der Waals surface area contributed by atoms with Crippen molar-refractivity contribution in [3.63, 3.8) is 0 Å². The predicted octanol–water partition coefficient (Wildman–Crippen LogP) is 5.34. The van der Waals surface area contributed by atoms with Gasteiger partial charge in [0, 0.05) is 5.39 Å². The van der Waals surface area contributed by atoms with E-state index in [0.29, 0.717) is 17.9 Å². The monoisotopic (exact) mass is 396 g/mol. The zero-order chi connectivity index (χ0) is 20.5. The summed E-state index contributed by atoms with van der Waals surface area (Å²) in [6.45, 7) is 0.749. The third kappa shape index (κ3) is 3.73. The Balaban J connectivity index is 1.42. The Hall–Kier alpha value is -3.40. The van der Waals surface area contributed by atoms with Gasteiger partial charge in [0.05, 0.1) is 30.9 Å². The zero-order valence-electron chi connectivity index (χ0n) is 17.0. The summed E-state index contributed by atoms with van der Waals surface area (Å²) in [5, 5.41) is 5.69. The van der Waals surface area contributed by atoms with Crippen LogP contribution >= 0.6 is 0 Å². The second-order valence-electron chi connectivity index (χ2n) is 8.04. The molecule has 0 unspecified atom stereocenters. The van der Waals surface area contributed by atoms with Crippen LogP contribution in [-0.4, -0.2) is 22.9 Å². The second kappa shape index (κ2) is 7.79. The third-order valence-electron chi connectivity index (χ3n) is 5.86. The van der Waals surface area contributed by atoms with E-state index >= 15 is 0 Å². The van der Waals surface area contributed by atoms with Crippen molar-refractivity contribution in [1.82, 2.24) is 9.78 Å². The van der Waals surface area contributed by atoms with E-state index in [-0.39, 0.29) is 5.97 Å². The molecule has 1 aliphatic rings. The minimum atomic E-state index is -0.260. The van der Waals surface area contributed by atoms with Crippen LogP contribution < -0.4 is 0 Å². The fraction of sp³-hybridized carbons (Fsp3) is 0.231. The number of nitrogens with zero attached hydrogens (tertiary/aromatic N) is 2. The van der Waals surface area contributed by atoms with Crippen molar-refractivity contribution in [2.75, 3.05) is 7.11 Å². The number of aromatic nitrogens is 2. The summed E-state index contributed by atoms with van der Waals surface area (Å²) in [7, 11) is 1.45. The Labute approximate surface area is 176 Å². The molecule has 0 radical (unpaired) electrons. The van der Waals surface area contributed by atoms with Gasteiger partial charge in [-0.05, 0) is 65.6 Å². The molecule has 3 aromatic carbocycles. The lowest BCUT2D eigenvalue weighted by Crippen LogP contribution is -2.07. The first kappa shape index (κ1) is 18.6. The molecule has 0 N–H and O–H groups in total. The summed E-state index contributed by atoms with van der Waals surface area (Å²) in [6, 6.07) is 23.0. The number of esters is 1. The van der Waals surface area contributed by atoms with Crippen LogP contribution in [0.3, 0.4) is 0 Å². The van der Waals surface area contributed by atoms with E-state index in [9.17, 15) is 4.79 Å². The van der Waals surface area contributed by atoms with Gasteiger partial charge in [-0.2, -0.15) is 5.10 Å². The van der Waals surface area contributed by atoms with Crippen molar-refractivity contribution in [3.05, 3.63) is 101 Å². The number of hydrogen-bond donors (Lipinski definition) is 0. The Morgan fingerprint density at radius 3 is 2.63 bits per heavy atom. The highest BCUT2D eigenvalue weighted by atomic mass is 16.5. The molecular formula is C26H24N2O2. The van der Waals surface area contributed by atoms with Gasteiger partial charge in [-0.25, -0.2) is 4.79 Å². The number of rotatable bonds is 6. The fourth-order valence-corrected chi connectivity index (χ4v) is 4.07. The Kier molecular flexibility index (Phi) is 4.83. The summed E-state index contributed by atoms with van der Waals surface area (Å²) in [6.07, 6.45) is 5.03. The highest BCUT2D eigenvalue weighted by Crippen LogP contribution is 2.40. The average molecular weight is 396 g/mol. The van der Waals surface area contributed by atoms with Gasteiger partial charge >= 0.3 is 5.97 Å². The Bertz CT molecular complexity index is 1210. The van der Waals surface area contributed by atoms with Crippen molar-refractivity contribution < 1.29 is 9.53 Å². The SMILES string of the molecule is COC(=O)c1cc(C2CC2)ccc1Cc1ccc2c(cnn2Cc2ccccc2)c1. The van der Waals surface area contributed by atoms with Crippen LogP contribution in [0.15, 0.2) is 72.9 Å². The number of methoxy groups -OCH3 is 1. The molecule has 0 aliphatic heterocycles. The summed E-state index contributed by atoms with van der Waals surface area (Å²) >= 11 is 0. The molecule has 0 spiro atoms. The summed E-state index contributed by atoms with van der Waals surface area (Å²) in [5.41, 5.74) is 6.43. The molecule has 150 valence electrons. The molecule has 0 amide bonds. The van der Waals surface area contributed by atoms with Crippen molar-refractivity contribution >= 4 is 16.9 Å². The third-order valence-corrected chi connectivity index (χ3v) is 5.86. The zero-order valence-corrected chi connectivity index (χ0v) is 17.0. The molecule has 30 heavy (non-hydrogen) atoms. The maximum atomic E-state index is 12.4. The number of ether oxygens (including phenoxy) is 1. The first-order valence-electron chi connectivity index (χ1n) is 10.4. The van der Waals surface area contributed by atoms with E-state index in [0.717, 1.165) is 28.6 Å². The average Bonchev–Trinajstić information content (AvgIpc) is 3.56. The van der Waals surface area contributed by atoms with Gasteiger partial charge in [0.1, 0.15) is 0 Å². The summed E-state index contributed by atoms with van der Waals surface area (Å²) in [5.74, 6) is 0.346. The standard InChI is InChI=1S/C26H24N2O2/c1-30-26(29)24-15-21(20-8-9-20)10-11-22(24)13-19-7-12-25-23(14-19)16-27-28(25)17-18-5-3-2-4-6-18/h2-7,10-12,14-16,20H,8-9,13,17H2,1H3. The normalized spacial score (nSPS) is 13.5. The first-order chi connectivity index (χ1) is 14.7. The number of carbonyl (C=O) groups is 1. The lowest BCUT2D eigenvalue weighted by atomic mass is 9.96. The highest BCUT2D eigenvalue weighted by molar-refractivity contribution is 5.91. The van der Waals surface area contributed by atoms with Crippen LogP contribution in [0.25, 0.3) is 10.9 Å². The molecule has 1 heterocycles. The molecule has 0 atom stereocenters. The summed E-state index contributed by atoms with van der Waals surface area (Å²) in [4.78, 5) is 12.4. The largest absolute Gasteiger partial charge is 0.465 e. The van der Waals surface area contributed by atoms with Crippen LogP contribution in [0.2, 0.25) is 0 Å². The number of fused-ring (bicyclic) bond motifs is 1. The quantitative estimate of drug-likeness (QED) is 0.413. The van der Waals surface area contributed by atoms with Crippen LogP contribution in [0.4, 0.5) is 0 Å². The molecule has 0 saturated heterocycles. The van der Waals surface area contributed by atoms with Gasteiger partial charge in [0.2, 0.25) is 0 Å². The van der Waals surface area contributed by atoms with Gasteiger partial charge in [0.15, 0.2) is 0 Å².